The second kappa shape index (κ2) is 4.81. The van der Waals surface area contributed by atoms with Gasteiger partial charge in [0, 0.05) is 4.88 Å². The Balaban J connectivity index is 2.42. The van der Waals surface area contributed by atoms with Crippen molar-refractivity contribution in [3.8, 4) is 16.2 Å². The van der Waals surface area contributed by atoms with E-state index in [-0.39, 0.29) is 5.56 Å². The van der Waals surface area contributed by atoms with Crippen molar-refractivity contribution in [3.05, 3.63) is 41.3 Å². The highest BCUT2D eigenvalue weighted by molar-refractivity contribution is 7.13. The number of ether oxygens (including phenoxy) is 1. The zero-order valence-corrected chi connectivity index (χ0v) is 9.72. The molecule has 0 aliphatic heterocycles. The fourth-order valence-electron chi connectivity index (χ4n) is 1.44. The SMILES string of the molecule is O=Cc1ccc(-c2cccs2)cc1OC(F)(F)F. The van der Waals surface area contributed by atoms with Crippen LogP contribution in [0, 0.1) is 0 Å². The van der Waals surface area contributed by atoms with Gasteiger partial charge in [0.15, 0.2) is 6.29 Å². The predicted octanol–water partition coefficient (Wildman–Crippen LogP) is 4.13. The van der Waals surface area contributed by atoms with E-state index in [2.05, 4.69) is 4.74 Å². The Bertz CT molecular complexity index is 547. The largest absolute Gasteiger partial charge is 0.573 e. The van der Waals surface area contributed by atoms with Gasteiger partial charge in [-0.15, -0.1) is 24.5 Å². The number of alkyl halides is 3. The number of halogens is 3. The summed E-state index contributed by atoms with van der Waals surface area (Å²) in [5, 5.41) is 1.81. The van der Waals surface area contributed by atoms with Gasteiger partial charge in [-0.2, -0.15) is 0 Å². The molecule has 0 N–H and O–H groups in total. The van der Waals surface area contributed by atoms with Gasteiger partial charge in [0.25, 0.3) is 0 Å². The third kappa shape index (κ3) is 2.89. The third-order valence-corrected chi connectivity index (χ3v) is 3.09. The van der Waals surface area contributed by atoms with Crippen LogP contribution in [0.3, 0.4) is 0 Å². The lowest BCUT2D eigenvalue weighted by atomic mass is 10.1. The van der Waals surface area contributed by atoms with E-state index in [1.807, 2.05) is 5.38 Å². The van der Waals surface area contributed by atoms with Gasteiger partial charge in [-0.1, -0.05) is 12.1 Å². The summed E-state index contributed by atoms with van der Waals surface area (Å²) in [7, 11) is 0. The van der Waals surface area contributed by atoms with Crippen molar-refractivity contribution >= 4 is 17.6 Å². The van der Waals surface area contributed by atoms with Crippen LogP contribution in [0.4, 0.5) is 13.2 Å². The number of aldehydes is 1. The van der Waals surface area contributed by atoms with Crippen molar-refractivity contribution in [2.45, 2.75) is 6.36 Å². The minimum absolute atomic E-state index is 0.132. The second-order valence-electron chi connectivity index (χ2n) is 3.40. The summed E-state index contributed by atoms with van der Waals surface area (Å²) in [5.41, 5.74) is 0.447. The van der Waals surface area contributed by atoms with E-state index in [9.17, 15) is 18.0 Å². The van der Waals surface area contributed by atoms with E-state index in [1.54, 1.807) is 18.2 Å². The maximum absolute atomic E-state index is 12.2. The number of carbonyl (C=O) groups excluding carboxylic acids is 1. The summed E-state index contributed by atoms with van der Waals surface area (Å²) >= 11 is 1.39. The molecule has 0 aliphatic rings. The fraction of sp³-hybridized carbons (Fsp3) is 0.0833. The first-order valence-electron chi connectivity index (χ1n) is 4.88. The Kier molecular flexibility index (Phi) is 3.38. The molecule has 0 amide bonds. The molecular formula is C12H7F3O2S. The van der Waals surface area contributed by atoms with Crippen LogP contribution in [0.25, 0.3) is 10.4 Å². The monoisotopic (exact) mass is 272 g/mol. The Morgan fingerprint density at radius 3 is 2.56 bits per heavy atom. The van der Waals surface area contributed by atoms with Crippen molar-refractivity contribution in [2.75, 3.05) is 0 Å². The highest BCUT2D eigenvalue weighted by Gasteiger charge is 2.32. The minimum Gasteiger partial charge on any atom is -0.405 e. The molecule has 2 rings (SSSR count). The zero-order valence-electron chi connectivity index (χ0n) is 8.90. The lowest BCUT2D eigenvalue weighted by molar-refractivity contribution is -0.274. The number of hydrogen-bond donors (Lipinski definition) is 0. The van der Waals surface area contributed by atoms with Gasteiger partial charge >= 0.3 is 6.36 Å². The first-order chi connectivity index (χ1) is 8.49. The maximum atomic E-state index is 12.2. The Morgan fingerprint density at radius 1 is 1.22 bits per heavy atom. The molecule has 0 fully saturated rings. The third-order valence-electron chi connectivity index (χ3n) is 2.17. The minimum atomic E-state index is -4.81. The molecule has 18 heavy (non-hydrogen) atoms. The Labute approximate surface area is 105 Å². The standard InChI is InChI=1S/C12H7F3O2S/c13-12(14,15)17-10-6-8(3-4-9(10)7-16)11-2-1-5-18-11/h1-7H. The number of hydrogen-bond acceptors (Lipinski definition) is 3. The van der Waals surface area contributed by atoms with Crippen LogP contribution < -0.4 is 4.74 Å². The summed E-state index contributed by atoms with van der Waals surface area (Å²) in [5.74, 6) is -0.483. The molecule has 1 aromatic carbocycles. The van der Waals surface area contributed by atoms with Crippen LogP contribution in [-0.2, 0) is 0 Å². The number of thiophene rings is 1. The highest BCUT2D eigenvalue weighted by atomic mass is 32.1. The highest BCUT2D eigenvalue weighted by Crippen LogP contribution is 2.32. The van der Waals surface area contributed by atoms with Crippen LogP contribution in [-0.4, -0.2) is 12.6 Å². The van der Waals surface area contributed by atoms with E-state index in [0.717, 1.165) is 4.88 Å². The quantitative estimate of drug-likeness (QED) is 0.785. The van der Waals surface area contributed by atoms with E-state index >= 15 is 0 Å². The normalized spacial score (nSPS) is 11.3. The molecule has 1 aromatic heterocycles. The zero-order chi connectivity index (χ0) is 13.2. The van der Waals surface area contributed by atoms with Gasteiger partial charge in [-0.3, -0.25) is 4.79 Å². The predicted molar refractivity (Wildman–Crippen MR) is 61.8 cm³/mol. The average Bonchev–Trinajstić information content (AvgIpc) is 2.80. The second-order valence-corrected chi connectivity index (χ2v) is 4.34. The number of carbonyl (C=O) groups is 1. The summed E-state index contributed by atoms with van der Waals surface area (Å²) in [6.07, 6.45) is -4.48. The van der Waals surface area contributed by atoms with Gasteiger partial charge in [0.2, 0.25) is 0 Å². The molecule has 0 atom stereocenters. The molecule has 6 heteroatoms. The van der Waals surface area contributed by atoms with Crippen LogP contribution >= 0.6 is 11.3 Å². The van der Waals surface area contributed by atoms with E-state index < -0.39 is 12.1 Å². The molecule has 0 radical (unpaired) electrons. The van der Waals surface area contributed by atoms with Gasteiger partial charge in [-0.25, -0.2) is 0 Å². The van der Waals surface area contributed by atoms with Gasteiger partial charge < -0.3 is 4.74 Å². The van der Waals surface area contributed by atoms with Gasteiger partial charge in [0.1, 0.15) is 5.75 Å². The molecule has 94 valence electrons. The van der Waals surface area contributed by atoms with Crippen LogP contribution in [0.1, 0.15) is 10.4 Å². The van der Waals surface area contributed by atoms with Crippen LogP contribution in [0.5, 0.6) is 5.75 Å². The topological polar surface area (TPSA) is 26.3 Å². The lowest BCUT2D eigenvalue weighted by Gasteiger charge is -2.11. The first kappa shape index (κ1) is 12.6. The van der Waals surface area contributed by atoms with Crippen molar-refractivity contribution < 1.29 is 22.7 Å². The molecule has 0 saturated carbocycles. The molecule has 0 bridgehead atoms. The first-order valence-corrected chi connectivity index (χ1v) is 5.76. The van der Waals surface area contributed by atoms with Crippen molar-refractivity contribution in [2.24, 2.45) is 0 Å². The summed E-state index contributed by atoms with van der Waals surface area (Å²) in [4.78, 5) is 11.5. The molecule has 0 spiro atoms. The van der Waals surface area contributed by atoms with Crippen molar-refractivity contribution in [1.82, 2.24) is 0 Å². The lowest BCUT2D eigenvalue weighted by Crippen LogP contribution is -2.18. The molecule has 0 saturated heterocycles. The molecule has 0 unspecified atom stereocenters. The molecular weight excluding hydrogens is 265 g/mol. The molecule has 2 aromatic rings. The van der Waals surface area contributed by atoms with Crippen LogP contribution in [0.2, 0.25) is 0 Å². The molecule has 1 heterocycles. The van der Waals surface area contributed by atoms with E-state index in [1.165, 1.54) is 23.5 Å². The Hall–Kier alpha value is -1.82. The summed E-state index contributed by atoms with van der Waals surface area (Å²) in [6.45, 7) is 0. The maximum Gasteiger partial charge on any atom is 0.573 e. The Morgan fingerprint density at radius 2 is 2.00 bits per heavy atom. The van der Waals surface area contributed by atoms with Gasteiger partial charge in [-0.05, 0) is 29.1 Å². The van der Waals surface area contributed by atoms with Crippen LogP contribution in [0.15, 0.2) is 35.7 Å². The van der Waals surface area contributed by atoms with Crippen molar-refractivity contribution in [1.29, 1.82) is 0 Å². The van der Waals surface area contributed by atoms with E-state index in [4.69, 9.17) is 0 Å². The average molecular weight is 272 g/mol. The molecule has 2 nitrogen and oxygen atoms in total. The summed E-state index contributed by atoms with van der Waals surface area (Å²) < 4.78 is 40.4. The van der Waals surface area contributed by atoms with E-state index in [0.29, 0.717) is 11.8 Å². The smallest absolute Gasteiger partial charge is 0.405 e. The number of benzene rings is 1. The van der Waals surface area contributed by atoms with Crippen molar-refractivity contribution in [3.63, 3.8) is 0 Å². The van der Waals surface area contributed by atoms with Gasteiger partial charge in [0.05, 0.1) is 5.56 Å². The molecule has 0 aliphatic carbocycles. The summed E-state index contributed by atoms with van der Waals surface area (Å²) in [6, 6.07) is 7.67. The fourth-order valence-corrected chi connectivity index (χ4v) is 2.16. The number of rotatable bonds is 3.